The Morgan fingerprint density at radius 2 is 1.91 bits per heavy atom. The van der Waals surface area contributed by atoms with Gasteiger partial charge in [0, 0.05) is 49.2 Å². The summed E-state index contributed by atoms with van der Waals surface area (Å²) >= 11 is 1.59. The summed E-state index contributed by atoms with van der Waals surface area (Å²) in [5.41, 5.74) is 3.72. The van der Waals surface area contributed by atoms with Gasteiger partial charge in [-0.05, 0) is 44.4 Å². The zero-order valence-corrected chi connectivity index (χ0v) is 20.7. The molecule has 7 heteroatoms. The molecule has 1 saturated heterocycles. The predicted octanol–water partition coefficient (Wildman–Crippen LogP) is 5.19. The van der Waals surface area contributed by atoms with E-state index in [2.05, 4.69) is 42.3 Å². The first kappa shape index (κ1) is 24.2. The Bertz CT molecular complexity index is 1080. The molecule has 1 aliphatic heterocycles. The number of carbonyl (C=O) groups is 1. The first-order valence-corrected chi connectivity index (χ1v) is 13.0. The fraction of sp³-hybridized carbons (Fsp3) is 0.370. The fourth-order valence-corrected chi connectivity index (χ4v) is 4.80. The van der Waals surface area contributed by atoms with Crippen LogP contribution >= 0.6 is 11.8 Å². The molecule has 0 saturated carbocycles. The van der Waals surface area contributed by atoms with Crippen molar-refractivity contribution in [2.24, 2.45) is 0 Å². The van der Waals surface area contributed by atoms with Gasteiger partial charge in [0.25, 0.3) is 5.91 Å². The second-order valence-corrected chi connectivity index (χ2v) is 9.21. The van der Waals surface area contributed by atoms with Crippen LogP contribution in [0.5, 0.6) is 0 Å². The minimum atomic E-state index is -0.0616. The van der Waals surface area contributed by atoms with E-state index in [9.17, 15) is 4.79 Å². The molecule has 2 aromatic carbocycles. The Morgan fingerprint density at radius 3 is 2.65 bits per heavy atom. The van der Waals surface area contributed by atoms with Crippen LogP contribution in [-0.2, 0) is 10.5 Å². The van der Waals surface area contributed by atoms with Crippen molar-refractivity contribution in [2.75, 3.05) is 31.1 Å². The van der Waals surface area contributed by atoms with Crippen LogP contribution in [0.3, 0.4) is 0 Å². The number of aromatic nitrogens is 2. The van der Waals surface area contributed by atoms with E-state index in [4.69, 9.17) is 14.7 Å². The highest BCUT2D eigenvalue weighted by Gasteiger charge is 2.17. The van der Waals surface area contributed by atoms with Gasteiger partial charge in [-0.1, -0.05) is 54.2 Å². The van der Waals surface area contributed by atoms with E-state index < -0.39 is 0 Å². The lowest BCUT2D eigenvalue weighted by Gasteiger charge is -2.21. The van der Waals surface area contributed by atoms with Crippen molar-refractivity contribution in [3.05, 3.63) is 71.8 Å². The number of nitrogens with zero attached hydrogens (tertiary/aromatic N) is 3. The molecule has 1 N–H and O–H groups in total. The van der Waals surface area contributed by atoms with Gasteiger partial charge in [-0.25, -0.2) is 9.97 Å². The van der Waals surface area contributed by atoms with Gasteiger partial charge < -0.3 is 15.0 Å². The van der Waals surface area contributed by atoms with Gasteiger partial charge in [0.05, 0.1) is 11.8 Å². The summed E-state index contributed by atoms with van der Waals surface area (Å²) in [5, 5.41) is 3.73. The van der Waals surface area contributed by atoms with Crippen molar-refractivity contribution in [2.45, 2.75) is 43.7 Å². The van der Waals surface area contributed by atoms with Crippen LogP contribution in [0.25, 0.3) is 11.3 Å². The summed E-state index contributed by atoms with van der Waals surface area (Å²) in [6.45, 7) is 7.39. The van der Waals surface area contributed by atoms with E-state index >= 15 is 0 Å². The topological polar surface area (TPSA) is 67.4 Å². The van der Waals surface area contributed by atoms with Gasteiger partial charge in [-0.3, -0.25) is 4.79 Å². The summed E-state index contributed by atoms with van der Waals surface area (Å²) in [6.07, 6.45) is 2.21. The Balaban J connectivity index is 1.47. The van der Waals surface area contributed by atoms with E-state index in [1.165, 1.54) is 0 Å². The highest BCUT2D eigenvalue weighted by Crippen LogP contribution is 2.27. The number of amides is 1. The van der Waals surface area contributed by atoms with Crippen LogP contribution in [-0.4, -0.2) is 48.2 Å². The third kappa shape index (κ3) is 6.36. The molecule has 1 amide bonds. The third-order valence-corrected chi connectivity index (χ3v) is 6.84. The zero-order chi connectivity index (χ0) is 23.8. The molecule has 1 atom stereocenters. The van der Waals surface area contributed by atoms with Gasteiger partial charge >= 0.3 is 0 Å². The maximum absolute atomic E-state index is 12.6. The summed E-state index contributed by atoms with van der Waals surface area (Å²) in [7, 11) is 0. The van der Waals surface area contributed by atoms with Crippen LogP contribution < -0.4 is 10.2 Å². The third-order valence-electron chi connectivity index (χ3n) is 5.92. The number of nitrogens with one attached hydrogen (secondary N) is 1. The minimum absolute atomic E-state index is 0.0616. The molecule has 4 rings (SSSR count). The van der Waals surface area contributed by atoms with E-state index in [1.807, 2.05) is 42.5 Å². The lowest BCUT2D eigenvalue weighted by atomic mass is 10.1. The Labute approximate surface area is 206 Å². The Hall–Kier alpha value is -2.90. The lowest BCUT2D eigenvalue weighted by Crippen LogP contribution is -2.31. The van der Waals surface area contributed by atoms with Crippen molar-refractivity contribution in [1.82, 2.24) is 15.3 Å². The molecular formula is C27H32N4O2S. The first-order valence-electron chi connectivity index (χ1n) is 12.0. The minimum Gasteiger partial charge on any atom is -0.376 e. The average molecular weight is 477 g/mol. The highest BCUT2D eigenvalue weighted by atomic mass is 32.2. The Kier molecular flexibility index (Phi) is 8.55. The van der Waals surface area contributed by atoms with Crippen LogP contribution in [0.4, 0.5) is 5.82 Å². The summed E-state index contributed by atoms with van der Waals surface area (Å²) in [6, 6.07) is 20.0. The van der Waals surface area contributed by atoms with Gasteiger partial charge in [-0.15, -0.1) is 0 Å². The average Bonchev–Trinajstić information content (AvgIpc) is 3.41. The number of hydrogen-bond acceptors (Lipinski definition) is 6. The molecule has 178 valence electrons. The van der Waals surface area contributed by atoms with E-state index in [1.54, 1.807) is 11.8 Å². The molecule has 3 aromatic rings. The monoisotopic (exact) mass is 476 g/mol. The van der Waals surface area contributed by atoms with Crippen molar-refractivity contribution in [3.8, 4) is 11.3 Å². The lowest BCUT2D eigenvalue weighted by molar-refractivity contribution is 0.0857. The van der Waals surface area contributed by atoms with Crippen molar-refractivity contribution >= 4 is 23.5 Å². The van der Waals surface area contributed by atoms with Crippen LogP contribution in [0.2, 0.25) is 0 Å². The Morgan fingerprint density at radius 1 is 1.09 bits per heavy atom. The molecule has 0 radical (unpaired) electrons. The van der Waals surface area contributed by atoms with Crippen molar-refractivity contribution in [3.63, 3.8) is 0 Å². The predicted molar refractivity (Wildman–Crippen MR) is 138 cm³/mol. The molecule has 2 heterocycles. The molecule has 0 aliphatic carbocycles. The van der Waals surface area contributed by atoms with Crippen LogP contribution in [0.15, 0.2) is 65.8 Å². The SMILES string of the molecule is CCN(CC)c1cc(-c2ccccc2)nc(SCc2cccc(C(=O)NCC3CCCO3)c2)n1. The second kappa shape index (κ2) is 12.0. The molecule has 0 bridgehead atoms. The van der Waals surface area contributed by atoms with Crippen LogP contribution in [0, 0.1) is 0 Å². The number of anilines is 1. The van der Waals surface area contributed by atoms with Crippen molar-refractivity contribution < 1.29 is 9.53 Å². The number of carbonyl (C=O) groups excluding carboxylic acids is 1. The van der Waals surface area contributed by atoms with Crippen molar-refractivity contribution in [1.29, 1.82) is 0 Å². The maximum Gasteiger partial charge on any atom is 0.251 e. The molecule has 1 unspecified atom stereocenters. The zero-order valence-electron chi connectivity index (χ0n) is 19.9. The molecule has 1 aliphatic rings. The number of thioether (sulfide) groups is 1. The van der Waals surface area contributed by atoms with Gasteiger partial charge in [0.15, 0.2) is 5.16 Å². The van der Waals surface area contributed by atoms with Gasteiger partial charge in [0.2, 0.25) is 0 Å². The normalized spacial score (nSPS) is 15.3. The number of hydrogen-bond donors (Lipinski definition) is 1. The van der Waals surface area contributed by atoms with E-state index in [0.29, 0.717) is 17.9 Å². The molecule has 34 heavy (non-hydrogen) atoms. The largest absolute Gasteiger partial charge is 0.376 e. The molecule has 1 fully saturated rings. The molecular weight excluding hydrogens is 444 g/mol. The molecule has 1 aromatic heterocycles. The number of benzene rings is 2. The summed E-state index contributed by atoms with van der Waals surface area (Å²) < 4.78 is 5.60. The van der Waals surface area contributed by atoms with E-state index in [-0.39, 0.29) is 12.0 Å². The standard InChI is InChI=1S/C27H32N4O2S/c1-3-31(4-2)25-17-24(21-11-6-5-7-12-21)29-27(30-25)34-19-20-10-8-13-22(16-20)26(32)28-18-23-14-9-15-33-23/h5-8,10-13,16-17,23H,3-4,9,14-15,18-19H2,1-2H3,(H,28,32). The number of ether oxygens (including phenoxy) is 1. The maximum atomic E-state index is 12.6. The van der Waals surface area contributed by atoms with Crippen LogP contribution in [0.1, 0.15) is 42.6 Å². The smallest absolute Gasteiger partial charge is 0.251 e. The molecule has 6 nitrogen and oxygen atoms in total. The van der Waals surface area contributed by atoms with Gasteiger partial charge in [0.1, 0.15) is 5.82 Å². The molecule has 0 spiro atoms. The second-order valence-electron chi connectivity index (χ2n) is 8.27. The van der Waals surface area contributed by atoms with E-state index in [0.717, 1.165) is 60.3 Å². The highest BCUT2D eigenvalue weighted by molar-refractivity contribution is 7.98. The summed E-state index contributed by atoms with van der Waals surface area (Å²) in [5.74, 6) is 1.56. The quantitative estimate of drug-likeness (QED) is 0.321. The summed E-state index contributed by atoms with van der Waals surface area (Å²) in [4.78, 5) is 24.5. The fourth-order valence-electron chi connectivity index (χ4n) is 4.01. The first-order chi connectivity index (χ1) is 16.7. The number of rotatable bonds is 10. The van der Waals surface area contributed by atoms with Gasteiger partial charge in [-0.2, -0.15) is 0 Å².